The summed E-state index contributed by atoms with van der Waals surface area (Å²) in [6, 6.07) is 11.5. The van der Waals surface area contributed by atoms with E-state index in [4.69, 9.17) is 0 Å². The van der Waals surface area contributed by atoms with E-state index in [1.165, 1.54) is 29.5 Å². The highest BCUT2D eigenvalue weighted by molar-refractivity contribution is 5.87. The first-order valence-corrected chi connectivity index (χ1v) is 12.5. The summed E-state index contributed by atoms with van der Waals surface area (Å²) in [7, 11) is 0. The van der Waals surface area contributed by atoms with Gasteiger partial charge in [-0.05, 0) is 73.3 Å². The highest BCUT2D eigenvalue weighted by atomic mass is 19.1. The lowest BCUT2D eigenvalue weighted by atomic mass is 10.0. The van der Waals surface area contributed by atoms with E-state index in [1.54, 1.807) is 18.2 Å². The molecule has 0 radical (unpaired) electrons. The van der Waals surface area contributed by atoms with Gasteiger partial charge in [-0.1, -0.05) is 26.7 Å². The number of carbonyl (C=O) groups excluding carboxylic acids is 1. The predicted molar refractivity (Wildman–Crippen MR) is 133 cm³/mol. The van der Waals surface area contributed by atoms with Gasteiger partial charge in [0, 0.05) is 49.2 Å². The number of benzene rings is 2. The van der Waals surface area contributed by atoms with E-state index < -0.39 is 0 Å². The molecule has 0 aliphatic carbocycles. The van der Waals surface area contributed by atoms with Gasteiger partial charge in [-0.3, -0.25) is 9.69 Å². The van der Waals surface area contributed by atoms with Gasteiger partial charge in [-0.25, -0.2) is 8.78 Å². The van der Waals surface area contributed by atoms with E-state index >= 15 is 0 Å². The largest absolute Gasteiger partial charge is 0.356 e. The molecule has 4 rings (SSSR count). The molecule has 2 heterocycles. The second-order valence-electron chi connectivity index (χ2n) is 9.79. The maximum atomic E-state index is 14.1. The Balaban J connectivity index is 1.35. The molecule has 182 valence electrons. The van der Waals surface area contributed by atoms with Crippen LogP contribution < -0.4 is 5.32 Å². The third-order valence-electron chi connectivity index (χ3n) is 6.59. The average Bonchev–Trinajstić information content (AvgIpc) is 3.11. The third kappa shape index (κ3) is 5.84. The summed E-state index contributed by atoms with van der Waals surface area (Å²) in [5.41, 5.74) is 4.26. The number of nitrogens with zero attached hydrogens (tertiary/aromatic N) is 2. The average molecular weight is 468 g/mol. The number of halogens is 2. The monoisotopic (exact) mass is 467 g/mol. The van der Waals surface area contributed by atoms with Gasteiger partial charge in [0.1, 0.15) is 11.6 Å². The van der Waals surface area contributed by atoms with Crippen molar-refractivity contribution in [3.8, 4) is 5.69 Å². The lowest BCUT2D eigenvalue weighted by molar-refractivity contribution is -0.121. The van der Waals surface area contributed by atoms with Crippen LogP contribution in [0.2, 0.25) is 0 Å². The molecule has 1 aliphatic heterocycles. The molecule has 0 saturated heterocycles. The first-order chi connectivity index (χ1) is 16.4. The first-order valence-electron chi connectivity index (χ1n) is 12.5. The fourth-order valence-corrected chi connectivity index (χ4v) is 4.95. The van der Waals surface area contributed by atoms with Gasteiger partial charge in [0.05, 0.1) is 5.52 Å². The van der Waals surface area contributed by atoms with Crippen LogP contribution in [0.15, 0.2) is 42.5 Å². The molecule has 0 spiro atoms. The summed E-state index contributed by atoms with van der Waals surface area (Å²) in [5.74, 6) is 0.0510. The van der Waals surface area contributed by atoms with Crippen LogP contribution in [0.3, 0.4) is 0 Å². The van der Waals surface area contributed by atoms with Gasteiger partial charge in [-0.2, -0.15) is 0 Å². The van der Waals surface area contributed by atoms with Crippen LogP contribution in [0.25, 0.3) is 16.6 Å². The SMILES string of the molecule is CC(C)CC(=O)NCCCCCCN1CCc2c(c3cc(F)ccc3n2-c2ccc(F)cc2)C1. The molecule has 4 nitrogen and oxygen atoms in total. The van der Waals surface area contributed by atoms with Crippen molar-refractivity contribution in [1.29, 1.82) is 0 Å². The molecule has 34 heavy (non-hydrogen) atoms. The van der Waals surface area contributed by atoms with Crippen LogP contribution in [-0.2, 0) is 17.8 Å². The van der Waals surface area contributed by atoms with Crippen LogP contribution in [-0.4, -0.2) is 35.0 Å². The summed E-state index contributed by atoms with van der Waals surface area (Å²) in [6.45, 7) is 7.64. The molecule has 1 amide bonds. The minimum atomic E-state index is -0.260. The van der Waals surface area contributed by atoms with Crippen molar-refractivity contribution in [1.82, 2.24) is 14.8 Å². The Morgan fingerprint density at radius 1 is 1.00 bits per heavy atom. The van der Waals surface area contributed by atoms with Crippen molar-refractivity contribution in [3.05, 3.63) is 65.4 Å². The third-order valence-corrected chi connectivity index (χ3v) is 6.59. The summed E-state index contributed by atoms with van der Waals surface area (Å²) >= 11 is 0. The maximum absolute atomic E-state index is 14.1. The molecule has 1 aliphatic rings. The lowest BCUT2D eigenvalue weighted by Gasteiger charge is -2.28. The summed E-state index contributed by atoms with van der Waals surface area (Å²) in [5, 5.41) is 3.95. The molecule has 2 aromatic carbocycles. The van der Waals surface area contributed by atoms with E-state index in [1.807, 2.05) is 6.07 Å². The Hall–Kier alpha value is -2.73. The Labute approximate surface area is 200 Å². The highest BCUT2D eigenvalue weighted by Gasteiger charge is 2.24. The van der Waals surface area contributed by atoms with Crippen LogP contribution in [0, 0.1) is 17.6 Å². The van der Waals surface area contributed by atoms with Crippen molar-refractivity contribution in [2.75, 3.05) is 19.6 Å². The van der Waals surface area contributed by atoms with Crippen LogP contribution >= 0.6 is 0 Å². The highest BCUT2D eigenvalue weighted by Crippen LogP contribution is 2.34. The Morgan fingerprint density at radius 2 is 1.74 bits per heavy atom. The minimum Gasteiger partial charge on any atom is -0.356 e. The van der Waals surface area contributed by atoms with Crippen LogP contribution in [0.1, 0.15) is 57.2 Å². The number of carbonyl (C=O) groups is 1. The topological polar surface area (TPSA) is 37.3 Å². The van der Waals surface area contributed by atoms with Crippen molar-refractivity contribution >= 4 is 16.8 Å². The molecule has 0 unspecified atom stereocenters. The molecule has 1 N–H and O–H groups in total. The molecule has 0 fully saturated rings. The van der Waals surface area contributed by atoms with Crippen molar-refractivity contribution in [3.63, 3.8) is 0 Å². The Bertz CT molecular complexity index is 1120. The molecule has 0 saturated carbocycles. The quantitative estimate of drug-likeness (QED) is 0.372. The van der Waals surface area contributed by atoms with Crippen LogP contribution in [0.5, 0.6) is 0 Å². The number of aromatic nitrogens is 1. The van der Waals surface area contributed by atoms with Crippen molar-refractivity contribution in [2.45, 2.75) is 58.9 Å². The molecule has 1 aromatic heterocycles. The van der Waals surface area contributed by atoms with Gasteiger partial charge in [0.2, 0.25) is 5.91 Å². The number of rotatable bonds is 10. The van der Waals surface area contributed by atoms with Gasteiger partial charge >= 0.3 is 0 Å². The van der Waals surface area contributed by atoms with Crippen molar-refractivity contribution in [2.24, 2.45) is 5.92 Å². The summed E-state index contributed by atoms with van der Waals surface area (Å²) < 4.78 is 29.8. The number of nitrogens with one attached hydrogen (secondary N) is 1. The maximum Gasteiger partial charge on any atom is 0.220 e. The number of amides is 1. The number of hydrogen-bond acceptors (Lipinski definition) is 2. The zero-order valence-corrected chi connectivity index (χ0v) is 20.2. The minimum absolute atomic E-state index is 0.148. The molecular formula is C28H35F2N3O. The second-order valence-corrected chi connectivity index (χ2v) is 9.79. The zero-order valence-electron chi connectivity index (χ0n) is 20.2. The second kappa shape index (κ2) is 11.1. The molecule has 0 atom stereocenters. The lowest BCUT2D eigenvalue weighted by Crippen LogP contribution is -2.31. The van der Waals surface area contributed by atoms with Crippen LogP contribution in [0.4, 0.5) is 8.78 Å². The smallest absolute Gasteiger partial charge is 0.220 e. The molecule has 6 heteroatoms. The first kappa shape index (κ1) is 24.4. The van der Waals surface area contributed by atoms with Gasteiger partial charge < -0.3 is 9.88 Å². The van der Waals surface area contributed by atoms with Gasteiger partial charge in [0.25, 0.3) is 0 Å². The standard InChI is InChI=1S/C28H35F2N3O/c1-20(2)17-28(34)31-14-5-3-4-6-15-32-16-13-27-25(19-32)24-18-22(30)9-12-26(24)33(27)23-10-7-21(29)8-11-23/h7-12,18,20H,3-6,13-17,19H2,1-2H3,(H,31,34). The van der Waals surface area contributed by atoms with E-state index in [-0.39, 0.29) is 17.5 Å². The summed E-state index contributed by atoms with van der Waals surface area (Å²) in [4.78, 5) is 14.2. The molecule has 3 aromatic rings. The van der Waals surface area contributed by atoms with E-state index in [0.717, 1.165) is 74.9 Å². The molecule has 0 bridgehead atoms. The number of unbranched alkanes of at least 4 members (excludes halogenated alkanes) is 3. The van der Waals surface area contributed by atoms with E-state index in [0.29, 0.717) is 12.3 Å². The number of fused-ring (bicyclic) bond motifs is 3. The zero-order chi connectivity index (χ0) is 24.1. The fourth-order valence-electron chi connectivity index (χ4n) is 4.95. The fraction of sp³-hybridized carbons (Fsp3) is 0.464. The van der Waals surface area contributed by atoms with E-state index in [2.05, 4.69) is 28.6 Å². The predicted octanol–water partition coefficient (Wildman–Crippen LogP) is 5.99. The Morgan fingerprint density at radius 3 is 2.50 bits per heavy atom. The van der Waals surface area contributed by atoms with E-state index in [9.17, 15) is 13.6 Å². The number of hydrogen-bond donors (Lipinski definition) is 1. The molecular weight excluding hydrogens is 432 g/mol. The normalized spacial score (nSPS) is 14.0. The van der Waals surface area contributed by atoms with Crippen molar-refractivity contribution < 1.29 is 13.6 Å². The van der Waals surface area contributed by atoms with Gasteiger partial charge in [0.15, 0.2) is 0 Å². The Kier molecular flexibility index (Phi) is 7.99. The van der Waals surface area contributed by atoms with Gasteiger partial charge in [-0.15, -0.1) is 0 Å². The summed E-state index contributed by atoms with van der Waals surface area (Å²) in [6.07, 6.45) is 5.84.